The van der Waals surface area contributed by atoms with Gasteiger partial charge in [-0.3, -0.25) is 4.99 Å². The highest BCUT2D eigenvalue weighted by Gasteiger charge is 2.35. The van der Waals surface area contributed by atoms with Crippen LogP contribution >= 0.6 is 11.8 Å². The van der Waals surface area contributed by atoms with E-state index in [1.807, 2.05) is 11.8 Å². The molecule has 0 heterocycles. The molecule has 0 aromatic heterocycles. The van der Waals surface area contributed by atoms with Crippen molar-refractivity contribution in [3.8, 4) is 0 Å². The molecule has 2 saturated carbocycles. The quantitative estimate of drug-likeness (QED) is 0.469. The Morgan fingerprint density at radius 1 is 1.22 bits per heavy atom. The Labute approximate surface area is 115 Å². The maximum Gasteiger partial charge on any atom is 0.188 e. The molecular weight excluding hydrogens is 242 g/mol. The monoisotopic (exact) mass is 269 g/mol. The van der Waals surface area contributed by atoms with E-state index in [2.05, 4.69) is 16.6 Å². The summed E-state index contributed by atoms with van der Waals surface area (Å²) in [4.78, 5) is 4.58. The molecule has 0 saturated heterocycles. The summed E-state index contributed by atoms with van der Waals surface area (Å²) in [6, 6.07) is 0.558. The SMILES string of the molecule is CSC1(CN=C(N)NC2CCCCCC2)CCC1. The number of nitrogens with one attached hydrogen (secondary N) is 1. The highest BCUT2D eigenvalue weighted by molar-refractivity contribution is 8.00. The molecular formula is C14H27N3S. The summed E-state index contributed by atoms with van der Waals surface area (Å²) in [5, 5.41) is 3.42. The predicted molar refractivity (Wildman–Crippen MR) is 81.2 cm³/mol. The Bertz CT molecular complexity index is 273. The molecule has 2 aliphatic rings. The summed E-state index contributed by atoms with van der Waals surface area (Å²) in [6.07, 6.45) is 14.1. The van der Waals surface area contributed by atoms with E-state index in [0.29, 0.717) is 16.7 Å². The largest absolute Gasteiger partial charge is 0.370 e. The maximum absolute atomic E-state index is 6.03. The lowest BCUT2D eigenvalue weighted by molar-refractivity contribution is 0.372. The Kier molecular flexibility index (Phi) is 5.22. The van der Waals surface area contributed by atoms with Crippen LogP contribution in [0.15, 0.2) is 4.99 Å². The average Bonchev–Trinajstić information content (AvgIpc) is 2.57. The highest BCUT2D eigenvalue weighted by atomic mass is 32.2. The second-order valence-corrected chi connectivity index (χ2v) is 7.05. The van der Waals surface area contributed by atoms with Crippen LogP contribution in [-0.2, 0) is 0 Å². The molecule has 2 rings (SSSR count). The predicted octanol–water partition coefficient (Wildman–Crippen LogP) is 2.90. The maximum atomic E-state index is 6.03. The number of rotatable bonds is 4. The first-order valence-corrected chi connectivity index (χ1v) is 8.58. The summed E-state index contributed by atoms with van der Waals surface area (Å²) in [5.74, 6) is 0.669. The van der Waals surface area contributed by atoms with Crippen LogP contribution in [-0.4, -0.2) is 29.5 Å². The van der Waals surface area contributed by atoms with Gasteiger partial charge in [-0.15, -0.1) is 0 Å². The fraction of sp³-hybridized carbons (Fsp3) is 0.929. The molecule has 0 spiro atoms. The molecule has 0 radical (unpaired) electrons. The molecule has 0 aliphatic heterocycles. The van der Waals surface area contributed by atoms with E-state index in [9.17, 15) is 0 Å². The summed E-state index contributed by atoms with van der Waals surface area (Å²) < 4.78 is 0.399. The summed E-state index contributed by atoms with van der Waals surface area (Å²) in [6.45, 7) is 0.889. The van der Waals surface area contributed by atoms with Crippen molar-refractivity contribution in [2.24, 2.45) is 10.7 Å². The van der Waals surface area contributed by atoms with Gasteiger partial charge in [0, 0.05) is 10.8 Å². The normalized spacial score (nSPS) is 25.3. The molecule has 3 N–H and O–H groups in total. The van der Waals surface area contributed by atoms with E-state index < -0.39 is 0 Å². The van der Waals surface area contributed by atoms with Crippen molar-refractivity contribution in [1.82, 2.24) is 5.32 Å². The Morgan fingerprint density at radius 3 is 2.39 bits per heavy atom. The summed E-state index contributed by atoms with van der Waals surface area (Å²) >= 11 is 1.96. The summed E-state index contributed by atoms with van der Waals surface area (Å²) in [7, 11) is 0. The number of thioether (sulfide) groups is 1. The molecule has 0 bridgehead atoms. The lowest BCUT2D eigenvalue weighted by atomic mass is 9.84. The van der Waals surface area contributed by atoms with E-state index in [0.717, 1.165) is 6.54 Å². The third-order valence-electron chi connectivity index (χ3n) is 4.44. The second-order valence-electron chi connectivity index (χ2n) is 5.77. The van der Waals surface area contributed by atoms with Gasteiger partial charge in [-0.05, 0) is 31.9 Å². The van der Waals surface area contributed by atoms with Gasteiger partial charge in [-0.2, -0.15) is 11.8 Å². The zero-order valence-corrected chi connectivity index (χ0v) is 12.4. The van der Waals surface area contributed by atoms with E-state index in [-0.39, 0.29) is 0 Å². The Morgan fingerprint density at radius 2 is 1.89 bits per heavy atom. The first-order valence-electron chi connectivity index (χ1n) is 7.36. The Hall–Kier alpha value is -0.380. The van der Waals surface area contributed by atoms with Crippen molar-refractivity contribution in [2.45, 2.75) is 68.6 Å². The van der Waals surface area contributed by atoms with Gasteiger partial charge in [0.1, 0.15) is 0 Å². The van der Waals surface area contributed by atoms with Crippen LogP contribution in [0.3, 0.4) is 0 Å². The third kappa shape index (κ3) is 3.81. The molecule has 4 heteroatoms. The van der Waals surface area contributed by atoms with Crippen LogP contribution in [0.5, 0.6) is 0 Å². The van der Waals surface area contributed by atoms with Crippen molar-refractivity contribution in [1.29, 1.82) is 0 Å². The van der Waals surface area contributed by atoms with Crippen molar-refractivity contribution in [3.05, 3.63) is 0 Å². The minimum absolute atomic E-state index is 0.399. The van der Waals surface area contributed by atoms with Gasteiger partial charge in [-0.1, -0.05) is 32.1 Å². The van der Waals surface area contributed by atoms with Crippen molar-refractivity contribution in [2.75, 3.05) is 12.8 Å². The van der Waals surface area contributed by atoms with Gasteiger partial charge in [0.2, 0.25) is 0 Å². The molecule has 3 nitrogen and oxygen atoms in total. The first kappa shape index (κ1) is 14.0. The average molecular weight is 269 g/mol. The molecule has 104 valence electrons. The van der Waals surface area contributed by atoms with Gasteiger partial charge in [0.25, 0.3) is 0 Å². The number of nitrogens with two attached hydrogens (primary N) is 1. The highest BCUT2D eigenvalue weighted by Crippen LogP contribution is 2.42. The molecule has 18 heavy (non-hydrogen) atoms. The van der Waals surface area contributed by atoms with E-state index in [1.165, 1.54) is 57.8 Å². The van der Waals surface area contributed by atoms with Crippen molar-refractivity contribution in [3.63, 3.8) is 0 Å². The van der Waals surface area contributed by atoms with Crippen LogP contribution in [0, 0.1) is 0 Å². The standard InChI is InChI=1S/C14H27N3S/c1-18-14(9-6-10-14)11-16-13(15)17-12-7-4-2-3-5-8-12/h12H,2-11H2,1H3,(H3,15,16,17). The minimum atomic E-state index is 0.399. The van der Waals surface area contributed by atoms with Crippen LogP contribution in [0.2, 0.25) is 0 Å². The fourth-order valence-corrected chi connectivity index (χ4v) is 3.80. The van der Waals surface area contributed by atoms with Crippen molar-refractivity contribution >= 4 is 17.7 Å². The minimum Gasteiger partial charge on any atom is -0.370 e. The van der Waals surface area contributed by atoms with Gasteiger partial charge < -0.3 is 11.1 Å². The third-order valence-corrected chi connectivity index (χ3v) is 5.85. The molecule has 0 atom stereocenters. The van der Waals surface area contributed by atoms with Gasteiger partial charge in [0.05, 0.1) is 6.54 Å². The number of hydrogen-bond acceptors (Lipinski definition) is 2. The number of guanidine groups is 1. The van der Waals surface area contributed by atoms with E-state index in [4.69, 9.17) is 5.73 Å². The molecule has 0 aromatic carbocycles. The first-order chi connectivity index (χ1) is 8.74. The lowest BCUT2D eigenvalue weighted by Gasteiger charge is -2.39. The van der Waals surface area contributed by atoms with Gasteiger partial charge in [0.15, 0.2) is 5.96 Å². The van der Waals surface area contributed by atoms with Crippen LogP contribution in [0.1, 0.15) is 57.8 Å². The number of hydrogen-bond donors (Lipinski definition) is 2. The second kappa shape index (κ2) is 6.69. The fourth-order valence-electron chi connectivity index (χ4n) is 2.91. The molecule has 0 aromatic rings. The van der Waals surface area contributed by atoms with E-state index in [1.54, 1.807) is 0 Å². The zero-order chi connectivity index (χ0) is 12.8. The zero-order valence-electron chi connectivity index (χ0n) is 11.6. The topological polar surface area (TPSA) is 50.4 Å². The van der Waals surface area contributed by atoms with Gasteiger partial charge >= 0.3 is 0 Å². The van der Waals surface area contributed by atoms with Crippen LogP contribution in [0.4, 0.5) is 0 Å². The molecule has 2 aliphatic carbocycles. The van der Waals surface area contributed by atoms with Crippen LogP contribution < -0.4 is 11.1 Å². The summed E-state index contributed by atoms with van der Waals surface area (Å²) in [5.41, 5.74) is 6.03. The number of aliphatic imine (C=N–C) groups is 1. The van der Waals surface area contributed by atoms with Crippen molar-refractivity contribution < 1.29 is 0 Å². The molecule has 0 unspecified atom stereocenters. The smallest absolute Gasteiger partial charge is 0.188 e. The lowest BCUT2D eigenvalue weighted by Crippen LogP contribution is -2.42. The van der Waals surface area contributed by atoms with Gasteiger partial charge in [-0.25, -0.2) is 0 Å². The number of nitrogens with zero attached hydrogens (tertiary/aromatic N) is 1. The molecule has 2 fully saturated rings. The van der Waals surface area contributed by atoms with E-state index >= 15 is 0 Å². The Balaban J connectivity index is 1.77. The van der Waals surface area contributed by atoms with Crippen LogP contribution in [0.25, 0.3) is 0 Å². The molecule has 0 amide bonds.